The van der Waals surface area contributed by atoms with Gasteiger partial charge in [0, 0.05) is 19.7 Å². The topological polar surface area (TPSA) is 105 Å². The highest BCUT2D eigenvalue weighted by atomic mass is 32.2. The number of nitrogens with one attached hydrogen (secondary N) is 2. The highest BCUT2D eigenvalue weighted by molar-refractivity contribution is 7.92. The number of anilines is 3. The van der Waals surface area contributed by atoms with Crippen molar-refractivity contribution in [2.24, 2.45) is 0 Å². The number of hydrogen-bond acceptors (Lipinski definition) is 5. The van der Waals surface area contributed by atoms with Crippen molar-refractivity contribution in [3.63, 3.8) is 0 Å². The molecule has 0 aromatic heterocycles. The molecule has 33 heavy (non-hydrogen) atoms. The van der Waals surface area contributed by atoms with Crippen molar-refractivity contribution in [1.29, 1.82) is 0 Å². The van der Waals surface area contributed by atoms with Gasteiger partial charge in [-0.2, -0.15) is 0 Å². The molecule has 8 nitrogen and oxygen atoms in total. The van der Waals surface area contributed by atoms with Crippen LogP contribution in [0.1, 0.15) is 22.8 Å². The summed E-state index contributed by atoms with van der Waals surface area (Å²) >= 11 is 0. The van der Waals surface area contributed by atoms with Crippen LogP contribution in [0.4, 0.5) is 21.5 Å². The first-order valence-corrected chi connectivity index (χ1v) is 11.3. The number of aryl methyl sites for hydroxylation is 1. The zero-order valence-corrected chi connectivity index (χ0v) is 18.8. The number of ether oxygens (including phenoxy) is 1. The van der Waals surface area contributed by atoms with Gasteiger partial charge in [-0.1, -0.05) is 6.07 Å². The van der Waals surface area contributed by atoms with Gasteiger partial charge in [-0.15, -0.1) is 0 Å². The van der Waals surface area contributed by atoms with E-state index in [9.17, 15) is 22.4 Å². The molecule has 0 radical (unpaired) electrons. The second kappa shape index (κ2) is 8.21. The summed E-state index contributed by atoms with van der Waals surface area (Å²) in [7, 11) is -2.57. The molecular formula is C23H20FN3O5S. The Labute approximate surface area is 190 Å². The fraction of sp³-hybridized carbons (Fsp3) is 0.130. The second-order valence-corrected chi connectivity index (χ2v) is 9.26. The Bertz CT molecular complexity index is 1410. The third-order valence-electron chi connectivity index (χ3n) is 5.02. The predicted molar refractivity (Wildman–Crippen MR) is 122 cm³/mol. The summed E-state index contributed by atoms with van der Waals surface area (Å²) in [6.07, 6.45) is 0. The zero-order chi connectivity index (χ0) is 23.9. The molecule has 170 valence electrons. The molecular weight excluding hydrogens is 449 g/mol. The molecule has 3 aromatic carbocycles. The van der Waals surface area contributed by atoms with Crippen molar-refractivity contribution in [1.82, 2.24) is 0 Å². The Morgan fingerprint density at radius 2 is 1.76 bits per heavy atom. The van der Waals surface area contributed by atoms with Crippen LogP contribution in [0, 0.1) is 12.7 Å². The highest BCUT2D eigenvalue weighted by Gasteiger charge is 2.27. The SMILES string of the molecule is CC(=O)Nc1ccc(S(=O)(=O)Nc2ccc3c(c2)C(=O)N(C)c2cc(C)ccc2O3)cc1F. The maximum Gasteiger partial charge on any atom is 0.261 e. The summed E-state index contributed by atoms with van der Waals surface area (Å²) < 4.78 is 48.1. The van der Waals surface area contributed by atoms with Crippen molar-refractivity contribution in [3.05, 3.63) is 71.5 Å². The standard InChI is InChI=1S/C23H20FN3O5S/c1-13-4-8-22-20(10-13)27(3)23(29)17-11-15(5-9-21(17)32-22)26-33(30,31)16-6-7-19(18(24)12-16)25-14(2)28/h4-12,26H,1-3H3,(H,25,28). The normalized spacial score (nSPS) is 12.8. The molecule has 0 unspecified atom stereocenters. The van der Waals surface area contributed by atoms with Crippen LogP contribution in [0.5, 0.6) is 11.5 Å². The number of hydrogen-bond donors (Lipinski definition) is 2. The van der Waals surface area contributed by atoms with E-state index in [1.54, 1.807) is 13.1 Å². The number of amides is 2. The van der Waals surface area contributed by atoms with Gasteiger partial charge >= 0.3 is 0 Å². The van der Waals surface area contributed by atoms with Gasteiger partial charge in [0.15, 0.2) is 5.75 Å². The van der Waals surface area contributed by atoms with Crippen LogP contribution in [0.25, 0.3) is 0 Å². The minimum atomic E-state index is -4.18. The van der Waals surface area contributed by atoms with Crippen molar-refractivity contribution < 1.29 is 27.1 Å². The molecule has 2 amide bonds. The summed E-state index contributed by atoms with van der Waals surface area (Å²) in [4.78, 5) is 25.3. The average molecular weight is 469 g/mol. The lowest BCUT2D eigenvalue weighted by molar-refractivity contribution is -0.114. The summed E-state index contributed by atoms with van der Waals surface area (Å²) in [5, 5.41) is 2.28. The van der Waals surface area contributed by atoms with Gasteiger partial charge in [0.1, 0.15) is 11.6 Å². The third-order valence-corrected chi connectivity index (χ3v) is 6.40. The lowest BCUT2D eigenvalue weighted by atomic mass is 10.1. The summed E-state index contributed by atoms with van der Waals surface area (Å²) in [6, 6.07) is 12.9. The van der Waals surface area contributed by atoms with E-state index in [0.717, 1.165) is 17.7 Å². The van der Waals surface area contributed by atoms with E-state index in [2.05, 4.69) is 10.0 Å². The van der Waals surface area contributed by atoms with E-state index < -0.39 is 21.7 Å². The summed E-state index contributed by atoms with van der Waals surface area (Å²) in [5.74, 6) is -0.975. The number of sulfonamides is 1. The van der Waals surface area contributed by atoms with Crippen molar-refractivity contribution in [3.8, 4) is 11.5 Å². The smallest absolute Gasteiger partial charge is 0.261 e. The number of halogens is 1. The number of fused-ring (bicyclic) bond motifs is 2. The number of nitrogens with zero attached hydrogens (tertiary/aromatic N) is 1. The van der Waals surface area contributed by atoms with E-state index in [4.69, 9.17) is 4.74 Å². The Balaban J connectivity index is 1.65. The van der Waals surface area contributed by atoms with E-state index in [1.807, 2.05) is 19.1 Å². The molecule has 1 heterocycles. The molecule has 0 saturated carbocycles. The van der Waals surface area contributed by atoms with E-state index in [-0.39, 0.29) is 33.5 Å². The fourth-order valence-corrected chi connectivity index (χ4v) is 4.46. The maximum atomic E-state index is 14.2. The molecule has 4 rings (SSSR count). The number of carbonyl (C=O) groups excluding carboxylic acids is 2. The van der Waals surface area contributed by atoms with Crippen molar-refractivity contribution in [2.45, 2.75) is 18.7 Å². The van der Waals surface area contributed by atoms with Crippen LogP contribution in [0.3, 0.4) is 0 Å². The zero-order valence-electron chi connectivity index (χ0n) is 18.0. The Kier molecular flexibility index (Phi) is 5.54. The fourth-order valence-electron chi connectivity index (χ4n) is 3.40. The van der Waals surface area contributed by atoms with Crippen molar-refractivity contribution in [2.75, 3.05) is 22.0 Å². The van der Waals surface area contributed by atoms with Gasteiger partial charge < -0.3 is 15.0 Å². The molecule has 0 fully saturated rings. The van der Waals surface area contributed by atoms with Gasteiger partial charge in [0.25, 0.3) is 15.9 Å². The Morgan fingerprint density at radius 1 is 1.03 bits per heavy atom. The minimum Gasteiger partial charge on any atom is -0.454 e. The lowest BCUT2D eigenvalue weighted by Crippen LogP contribution is -2.25. The molecule has 1 aliphatic rings. The Hall–Kier alpha value is -3.92. The van der Waals surface area contributed by atoms with Crippen LogP contribution >= 0.6 is 0 Å². The monoisotopic (exact) mass is 469 g/mol. The maximum absolute atomic E-state index is 14.2. The minimum absolute atomic E-state index is 0.104. The average Bonchev–Trinajstić information content (AvgIpc) is 2.84. The molecule has 0 aliphatic carbocycles. The van der Waals surface area contributed by atoms with Gasteiger partial charge in [0.05, 0.1) is 21.8 Å². The number of carbonyl (C=O) groups is 2. The molecule has 1 aliphatic heterocycles. The molecule has 2 N–H and O–H groups in total. The first-order chi connectivity index (χ1) is 15.5. The first kappa shape index (κ1) is 22.3. The third kappa shape index (κ3) is 4.37. The molecule has 3 aromatic rings. The molecule has 0 atom stereocenters. The Morgan fingerprint density at radius 3 is 2.45 bits per heavy atom. The quantitative estimate of drug-likeness (QED) is 0.594. The van der Waals surface area contributed by atoms with Crippen LogP contribution < -0.4 is 19.7 Å². The molecule has 10 heteroatoms. The number of benzene rings is 3. The summed E-state index contributed by atoms with van der Waals surface area (Å²) in [5.41, 5.74) is 1.68. The molecule has 0 spiro atoms. The van der Waals surface area contributed by atoms with Crippen LogP contribution in [-0.4, -0.2) is 27.3 Å². The first-order valence-electron chi connectivity index (χ1n) is 9.86. The second-order valence-electron chi connectivity index (χ2n) is 7.58. The van der Waals surface area contributed by atoms with E-state index in [1.165, 1.54) is 36.1 Å². The highest BCUT2D eigenvalue weighted by Crippen LogP contribution is 2.39. The van der Waals surface area contributed by atoms with Gasteiger partial charge in [-0.25, -0.2) is 12.8 Å². The lowest BCUT2D eigenvalue weighted by Gasteiger charge is -2.17. The summed E-state index contributed by atoms with van der Waals surface area (Å²) in [6.45, 7) is 3.11. The van der Waals surface area contributed by atoms with Crippen LogP contribution in [0.15, 0.2) is 59.5 Å². The van der Waals surface area contributed by atoms with Crippen molar-refractivity contribution >= 4 is 38.9 Å². The van der Waals surface area contributed by atoms with Crippen LogP contribution in [-0.2, 0) is 14.8 Å². The van der Waals surface area contributed by atoms with Gasteiger partial charge in [0.2, 0.25) is 5.91 Å². The largest absolute Gasteiger partial charge is 0.454 e. The van der Waals surface area contributed by atoms with Gasteiger partial charge in [-0.05, 0) is 61.0 Å². The number of rotatable bonds is 4. The van der Waals surface area contributed by atoms with E-state index >= 15 is 0 Å². The predicted octanol–water partition coefficient (Wildman–Crippen LogP) is 4.28. The van der Waals surface area contributed by atoms with Gasteiger partial charge in [-0.3, -0.25) is 14.3 Å². The molecule has 0 bridgehead atoms. The van der Waals surface area contributed by atoms with Crippen LogP contribution in [0.2, 0.25) is 0 Å². The van der Waals surface area contributed by atoms with E-state index in [0.29, 0.717) is 11.4 Å². The molecule has 0 saturated heterocycles.